The lowest BCUT2D eigenvalue weighted by molar-refractivity contribution is 0.0636. The van der Waals surface area contributed by atoms with Crippen molar-refractivity contribution in [1.82, 2.24) is 0 Å². The molecule has 0 aromatic heterocycles. The molecule has 0 atom stereocenters. The molecule has 3 aromatic rings. The van der Waals surface area contributed by atoms with E-state index in [2.05, 4.69) is 81.5 Å². The van der Waals surface area contributed by atoms with Gasteiger partial charge < -0.3 is 10.5 Å². The van der Waals surface area contributed by atoms with Crippen LogP contribution in [0.3, 0.4) is 0 Å². The SMILES string of the molecule is CC(C)(C)OC(=O)Nc1ccc(C(C)(C)c2ccc(C(C)(C)c3ccc(N)cc3)cc2)cc1. The number of anilines is 2. The third kappa shape index (κ3) is 5.75. The second-order valence-corrected chi connectivity index (χ2v) is 10.7. The Balaban J connectivity index is 1.77. The molecule has 3 rings (SSSR count). The number of nitrogen functional groups attached to an aromatic ring is 1. The molecule has 0 bridgehead atoms. The first-order valence-corrected chi connectivity index (χ1v) is 11.4. The Hall–Kier alpha value is -3.27. The Bertz CT molecular complexity index is 1090. The van der Waals surface area contributed by atoms with Crippen molar-refractivity contribution in [3.63, 3.8) is 0 Å². The van der Waals surface area contributed by atoms with Crippen molar-refractivity contribution < 1.29 is 9.53 Å². The summed E-state index contributed by atoms with van der Waals surface area (Å²) in [4.78, 5) is 12.0. The largest absolute Gasteiger partial charge is 0.444 e. The molecule has 0 unspecified atom stereocenters. The zero-order chi connectivity index (χ0) is 24.4. The average Bonchev–Trinajstić information content (AvgIpc) is 2.73. The molecular formula is C29H36N2O2. The molecule has 0 aliphatic heterocycles. The van der Waals surface area contributed by atoms with Crippen molar-refractivity contribution in [3.05, 3.63) is 95.1 Å². The predicted octanol–water partition coefficient (Wildman–Crippen LogP) is 7.27. The van der Waals surface area contributed by atoms with E-state index in [1.54, 1.807) is 0 Å². The molecular weight excluding hydrogens is 408 g/mol. The zero-order valence-corrected chi connectivity index (χ0v) is 20.8. The number of benzene rings is 3. The summed E-state index contributed by atoms with van der Waals surface area (Å²) in [5.41, 5.74) is 11.4. The number of amides is 1. The summed E-state index contributed by atoms with van der Waals surface area (Å²) in [6.07, 6.45) is -0.450. The predicted molar refractivity (Wildman–Crippen MR) is 138 cm³/mol. The maximum atomic E-state index is 12.0. The lowest BCUT2D eigenvalue weighted by atomic mass is 9.74. The first-order valence-electron chi connectivity index (χ1n) is 11.4. The van der Waals surface area contributed by atoms with Crippen LogP contribution in [-0.4, -0.2) is 11.7 Å². The average molecular weight is 445 g/mol. The van der Waals surface area contributed by atoms with E-state index in [0.717, 1.165) is 5.69 Å². The maximum Gasteiger partial charge on any atom is 0.412 e. The van der Waals surface area contributed by atoms with Crippen molar-refractivity contribution in [1.29, 1.82) is 0 Å². The van der Waals surface area contributed by atoms with Crippen molar-refractivity contribution >= 4 is 17.5 Å². The first-order chi connectivity index (χ1) is 15.3. The standard InChI is InChI=1S/C29H36N2O2/c1-27(2,3)33-26(32)31-25-18-14-23(15-19-25)29(6,7)21-10-8-20(9-11-21)28(4,5)22-12-16-24(30)17-13-22/h8-19H,30H2,1-7H3,(H,31,32). The van der Waals surface area contributed by atoms with E-state index < -0.39 is 11.7 Å². The molecule has 1 amide bonds. The summed E-state index contributed by atoms with van der Waals surface area (Å²) in [5.74, 6) is 0. The molecule has 0 heterocycles. The molecule has 0 saturated heterocycles. The van der Waals surface area contributed by atoms with Crippen LogP contribution in [0.4, 0.5) is 16.2 Å². The highest BCUT2D eigenvalue weighted by Crippen LogP contribution is 2.36. The van der Waals surface area contributed by atoms with Gasteiger partial charge in [0, 0.05) is 22.2 Å². The van der Waals surface area contributed by atoms with Crippen LogP contribution >= 0.6 is 0 Å². The van der Waals surface area contributed by atoms with Gasteiger partial charge in [-0.05, 0) is 67.3 Å². The summed E-state index contributed by atoms with van der Waals surface area (Å²) in [6.45, 7) is 14.4. The monoisotopic (exact) mass is 444 g/mol. The Morgan fingerprint density at radius 3 is 1.33 bits per heavy atom. The van der Waals surface area contributed by atoms with Crippen LogP contribution in [0.1, 0.15) is 70.7 Å². The van der Waals surface area contributed by atoms with Gasteiger partial charge in [-0.2, -0.15) is 0 Å². The van der Waals surface area contributed by atoms with E-state index in [9.17, 15) is 4.79 Å². The molecule has 0 fully saturated rings. The van der Waals surface area contributed by atoms with E-state index in [-0.39, 0.29) is 10.8 Å². The van der Waals surface area contributed by atoms with Crippen LogP contribution in [0.15, 0.2) is 72.8 Å². The molecule has 174 valence electrons. The number of rotatable bonds is 5. The normalized spacial score (nSPS) is 12.3. The Morgan fingerprint density at radius 2 is 0.970 bits per heavy atom. The molecule has 4 heteroatoms. The van der Waals surface area contributed by atoms with Crippen molar-refractivity contribution in [3.8, 4) is 0 Å². The third-order valence-electron chi connectivity index (χ3n) is 6.21. The van der Waals surface area contributed by atoms with Gasteiger partial charge in [-0.1, -0.05) is 76.2 Å². The maximum absolute atomic E-state index is 12.0. The van der Waals surface area contributed by atoms with E-state index in [1.807, 2.05) is 45.0 Å². The molecule has 0 saturated carbocycles. The fourth-order valence-corrected chi connectivity index (χ4v) is 3.93. The van der Waals surface area contributed by atoms with Gasteiger partial charge in [-0.25, -0.2) is 4.79 Å². The lowest BCUT2D eigenvalue weighted by Gasteiger charge is -2.29. The zero-order valence-electron chi connectivity index (χ0n) is 20.8. The Labute approximate surface area is 198 Å². The second-order valence-electron chi connectivity index (χ2n) is 10.7. The summed E-state index contributed by atoms with van der Waals surface area (Å²) < 4.78 is 5.33. The van der Waals surface area contributed by atoms with Crippen molar-refractivity contribution in [2.45, 2.75) is 64.9 Å². The van der Waals surface area contributed by atoms with Crippen molar-refractivity contribution in [2.75, 3.05) is 11.1 Å². The van der Waals surface area contributed by atoms with Gasteiger partial charge in [-0.3, -0.25) is 5.32 Å². The van der Waals surface area contributed by atoms with Crippen LogP contribution in [0.2, 0.25) is 0 Å². The van der Waals surface area contributed by atoms with E-state index in [4.69, 9.17) is 10.5 Å². The molecule has 0 aliphatic rings. The molecule has 0 spiro atoms. The molecule has 3 aromatic carbocycles. The lowest BCUT2D eigenvalue weighted by Crippen LogP contribution is -2.27. The van der Waals surface area contributed by atoms with E-state index in [1.165, 1.54) is 22.3 Å². The van der Waals surface area contributed by atoms with Crippen molar-refractivity contribution in [2.24, 2.45) is 0 Å². The highest BCUT2D eigenvalue weighted by molar-refractivity contribution is 5.84. The second kappa shape index (κ2) is 8.93. The number of hydrogen-bond donors (Lipinski definition) is 2. The van der Waals surface area contributed by atoms with Gasteiger partial charge in [0.25, 0.3) is 0 Å². The van der Waals surface area contributed by atoms with Gasteiger partial charge in [0.15, 0.2) is 0 Å². The number of carbonyl (C=O) groups excluding carboxylic acids is 1. The number of hydrogen-bond acceptors (Lipinski definition) is 3. The molecule has 0 radical (unpaired) electrons. The molecule has 0 aliphatic carbocycles. The minimum Gasteiger partial charge on any atom is -0.444 e. The van der Waals surface area contributed by atoms with Crippen LogP contribution in [-0.2, 0) is 15.6 Å². The summed E-state index contributed by atoms with van der Waals surface area (Å²) in [6, 6.07) is 24.9. The fourth-order valence-electron chi connectivity index (χ4n) is 3.93. The summed E-state index contributed by atoms with van der Waals surface area (Å²) in [7, 11) is 0. The van der Waals surface area contributed by atoms with Gasteiger partial charge >= 0.3 is 6.09 Å². The van der Waals surface area contributed by atoms with Crippen LogP contribution < -0.4 is 11.1 Å². The fraction of sp³-hybridized carbons (Fsp3) is 0.345. The molecule has 3 N–H and O–H groups in total. The van der Waals surface area contributed by atoms with Crippen LogP contribution in [0.25, 0.3) is 0 Å². The van der Waals surface area contributed by atoms with Crippen LogP contribution in [0, 0.1) is 0 Å². The molecule has 4 nitrogen and oxygen atoms in total. The highest BCUT2D eigenvalue weighted by atomic mass is 16.6. The van der Waals surface area contributed by atoms with Crippen LogP contribution in [0.5, 0.6) is 0 Å². The topological polar surface area (TPSA) is 64.3 Å². The van der Waals surface area contributed by atoms with Gasteiger partial charge in [0.2, 0.25) is 0 Å². The number of nitrogens with two attached hydrogens (primary N) is 1. The van der Waals surface area contributed by atoms with E-state index >= 15 is 0 Å². The van der Waals surface area contributed by atoms with Gasteiger partial charge in [0.05, 0.1) is 0 Å². The highest BCUT2D eigenvalue weighted by Gasteiger charge is 2.26. The summed E-state index contributed by atoms with van der Waals surface area (Å²) in [5, 5.41) is 2.79. The number of carbonyl (C=O) groups is 1. The summed E-state index contributed by atoms with van der Waals surface area (Å²) >= 11 is 0. The smallest absolute Gasteiger partial charge is 0.412 e. The minimum atomic E-state index is -0.527. The van der Waals surface area contributed by atoms with Gasteiger partial charge in [-0.15, -0.1) is 0 Å². The van der Waals surface area contributed by atoms with E-state index in [0.29, 0.717) is 5.69 Å². The van der Waals surface area contributed by atoms with Gasteiger partial charge in [0.1, 0.15) is 5.60 Å². The quantitative estimate of drug-likeness (QED) is 0.407. The number of nitrogens with one attached hydrogen (secondary N) is 1. The third-order valence-corrected chi connectivity index (χ3v) is 6.21. The first kappa shape index (κ1) is 24.4. The minimum absolute atomic E-state index is 0.120. The number of ether oxygens (including phenoxy) is 1. The Morgan fingerprint density at radius 1 is 0.636 bits per heavy atom. The Kier molecular flexibility index (Phi) is 6.60. The molecule has 33 heavy (non-hydrogen) atoms.